The Morgan fingerprint density at radius 3 is 2.28 bits per heavy atom. The number of amides is 2. The number of nitrogens with zero attached hydrogens (tertiary/aromatic N) is 3. The van der Waals surface area contributed by atoms with Crippen molar-refractivity contribution in [1.29, 1.82) is 0 Å². The van der Waals surface area contributed by atoms with E-state index in [9.17, 15) is 14.7 Å². The standard InChI is InChI=1S/C21H32N4O4/c1-23(2)20(27)17-3-5-18(6-4-17)22-19(26)15-24-9-7-21(28,8-10-24)16-25-11-13-29-14-12-25/h3-6,28H,7-16H2,1-2H3,(H,22,26). The smallest absolute Gasteiger partial charge is 0.253 e. The summed E-state index contributed by atoms with van der Waals surface area (Å²) in [5.74, 6) is -0.156. The predicted molar refractivity (Wildman–Crippen MR) is 111 cm³/mol. The van der Waals surface area contributed by atoms with Crippen LogP contribution in [0.2, 0.25) is 0 Å². The average molecular weight is 405 g/mol. The minimum Gasteiger partial charge on any atom is -0.388 e. The van der Waals surface area contributed by atoms with Gasteiger partial charge < -0.3 is 20.1 Å². The fourth-order valence-electron chi connectivity index (χ4n) is 3.82. The van der Waals surface area contributed by atoms with Crippen LogP contribution in [0.4, 0.5) is 5.69 Å². The van der Waals surface area contributed by atoms with Gasteiger partial charge in [-0.1, -0.05) is 0 Å². The van der Waals surface area contributed by atoms with Gasteiger partial charge in [-0.2, -0.15) is 0 Å². The molecular formula is C21H32N4O4. The molecule has 29 heavy (non-hydrogen) atoms. The zero-order valence-corrected chi connectivity index (χ0v) is 17.4. The monoisotopic (exact) mass is 404 g/mol. The highest BCUT2D eigenvalue weighted by Gasteiger charge is 2.34. The number of aliphatic hydroxyl groups is 1. The summed E-state index contributed by atoms with van der Waals surface area (Å²) < 4.78 is 5.37. The SMILES string of the molecule is CN(C)C(=O)c1ccc(NC(=O)CN2CCC(O)(CN3CCOCC3)CC2)cc1. The highest BCUT2D eigenvalue weighted by molar-refractivity contribution is 5.96. The molecule has 2 saturated heterocycles. The maximum Gasteiger partial charge on any atom is 0.253 e. The van der Waals surface area contributed by atoms with E-state index in [0.29, 0.717) is 50.3 Å². The Bertz CT molecular complexity index is 693. The first-order chi connectivity index (χ1) is 13.8. The van der Waals surface area contributed by atoms with E-state index in [0.717, 1.165) is 26.3 Å². The molecule has 8 heteroatoms. The number of carbonyl (C=O) groups is 2. The number of hydrogen-bond acceptors (Lipinski definition) is 6. The molecule has 0 aromatic heterocycles. The number of likely N-dealkylation sites (tertiary alicyclic amines) is 1. The number of carbonyl (C=O) groups excluding carboxylic acids is 2. The lowest BCUT2D eigenvalue weighted by Gasteiger charge is -2.41. The van der Waals surface area contributed by atoms with Crippen molar-refractivity contribution in [3.63, 3.8) is 0 Å². The minimum absolute atomic E-state index is 0.0687. The molecule has 0 aliphatic carbocycles. The van der Waals surface area contributed by atoms with Crippen LogP contribution in [0.25, 0.3) is 0 Å². The van der Waals surface area contributed by atoms with Crippen LogP contribution in [0.3, 0.4) is 0 Å². The lowest BCUT2D eigenvalue weighted by Crippen LogP contribution is -2.53. The van der Waals surface area contributed by atoms with Crippen LogP contribution in [-0.4, -0.2) is 104 Å². The molecule has 2 heterocycles. The van der Waals surface area contributed by atoms with Gasteiger partial charge in [0.2, 0.25) is 5.91 Å². The fourth-order valence-corrected chi connectivity index (χ4v) is 3.82. The van der Waals surface area contributed by atoms with Crippen LogP contribution in [0.1, 0.15) is 23.2 Å². The highest BCUT2D eigenvalue weighted by atomic mass is 16.5. The van der Waals surface area contributed by atoms with Crippen LogP contribution in [0.15, 0.2) is 24.3 Å². The molecule has 1 aromatic rings. The van der Waals surface area contributed by atoms with Gasteiger partial charge in [-0.3, -0.25) is 19.4 Å². The number of morpholine rings is 1. The molecular weight excluding hydrogens is 372 g/mol. The van der Waals surface area contributed by atoms with Gasteiger partial charge in [0.05, 0.1) is 25.4 Å². The molecule has 2 N–H and O–H groups in total. The minimum atomic E-state index is -0.681. The molecule has 0 unspecified atom stereocenters. The number of nitrogens with one attached hydrogen (secondary N) is 1. The van der Waals surface area contributed by atoms with Crippen molar-refractivity contribution in [3.05, 3.63) is 29.8 Å². The van der Waals surface area contributed by atoms with E-state index in [2.05, 4.69) is 15.1 Å². The van der Waals surface area contributed by atoms with E-state index < -0.39 is 5.60 Å². The molecule has 2 fully saturated rings. The number of anilines is 1. The normalized spacial score (nSPS) is 20.2. The topological polar surface area (TPSA) is 85.4 Å². The first-order valence-corrected chi connectivity index (χ1v) is 10.2. The molecule has 3 rings (SSSR count). The Labute approximate surface area is 172 Å². The number of β-amino-alcohol motifs (C(OH)–C–C–N with tert-alkyl or cyclic N) is 1. The van der Waals surface area contributed by atoms with Gasteiger partial charge in [0.15, 0.2) is 0 Å². The van der Waals surface area contributed by atoms with Crippen molar-refractivity contribution in [2.24, 2.45) is 0 Å². The highest BCUT2D eigenvalue weighted by Crippen LogP contribution is 2.24. The van der Waals surface area contributed by atoms with Gasteiger partial charge in [0, 0.05) is 58.1 Å². The first kappa shape index (κ1) is 21.7. The first-order valence-electron chi connectivity index (χ1n) is 10.2. The number of rotatable bonds is 6. The summed E-state index contributed by atoms with van der Waals surface area (Å²) in [5, 5.41) is 13.8. The number of ether oxygens (including phenoxy) is 1. The Morgan fingerprint density at radius 2 is 1.69 bits per heavy atom. The fraction of sp³-hybridized carbons (Fsp3) is 0.619. The Morgan fingerprint density at radius 1 is 1.07 bits per heavy atom. The summed E-state index contributed by atoms with van der Waals surface area (Å²) in [6.07, 6.45) is 1.33. The van der Waals surface area contributed by atoms with E-state index in [4.69, 9.17) is 4.74 Å². The number of benzene rings is 1. The van der Waals surface area contributed by atoms with Crippen molar-refractivity contribution in [1.82, 2.24) is 14.7 Å². The maximum absolute atomic E-state index is 12.4. The van der Waals surface area contributed by atoms with Crippen LogP contribution in [0, 0.1) is 0 Å². The predicted octanol–water partition coefficient (Wildman–Crippen LogP) is 0.486. The quantitative estimate of drug-likeness (QED) is 0.718. The zero-order chi connectivity index (χ0) is 20.9. The number of hydrogen-bond donors (Lipinski definition) is 2. The Balaban J connectivity index is 1.43. The molecule has 0 spiro atoms. The van der Waals surface area contributed by atoms with Gasteiger partial charge in [0.25, 0.3) is 5.91 Å². The molecule has 1 aromatic carbocycles. The van der Waals surface area contributed by atoms with Gasteiger partial charge in [0.1, 0.15) is 0 Å². The third kappa shape index (κ3) is 6.24. The van der Waals surface area contributed by atoms with Crippen LogP contribution >= 0.6 is 0 Å². The van der Waals surface area contributed by atoms with Crippen molar-refractivity contribution < 1.29 is 19.4 Å². The molecule has 8 nitrogen and oxygen atoms in total. The molecule has 160 valence electrons. The van der Waals surface area contributed by atoms with Crippen molar-refractivity contribution >= 4 is 17.5 Å². The maximum atomic E-state index is 12.4. The lowest BCUT2D eigenvalue weighted by molar-refractivity contribution is -0.119. The summed E-state index contributed by atoms with van der Waals surface area (Å²) in [7, 11) is 3.41. The average Bonchev–Trinajstić information content (AvgIpc) is 2.70. The third-order valence-electron chi connectivity index (χ3n) is 5.60. The summed E-state index contributed by atoms with van der Waals surface area (Å²) in [5.41, 5.74) is 0.578. The molecule has 0 saturated carbocycles. The van der Waals surface area contributed by atoms with Gasteiger partial charge in [-0.15, -0.1) is 0 Å². The van der Waals surface area contributed by atoms with E-state index in [-0.39, 0.29) is 11.8 Å². The van der Waals surface area contributed by atoms with Gasteiger partial charge in [-0.05, 0) is 37.1 Å². The van der Waals surface area contributed by atoms with Crippen LogP contribution in [-0.2, 0) is 9.53 Å². The molecule has 2 aliphatic rings. The van der Waals surface area contributed by atoms with Gasteiger partial charge >= 0.3 is 0 Å². The third-order valence-corrected chi connectivity index (χ3v) is 5.60. The summed E-state index contributed by atoms with van der Waals surface area (Å²) >= 11 is 0. The second kappa shape index (κ2) is 9.67. The van der Waals surface area contributed by atoms with Gasteiger partial charge in [-0.25, -0.2) is 0 Å². The van der Waals surface area contributed by atoms with Crippen LogP contribution < -0.4 is 5.32 Å². The molecule has 0 radical (unpaired) electrons. The van der Waals surface area contributed by atoms with E-state index in [1.54, 1.807) is 38.4 Å². The van der Waals surface area contributed by atoms with E-state index >= 15 is 0 Å². The lowest BCUT2D eigenvalue weighted by atomic mass is 9.90. The zero-order valence-electron chi connectivity index (χ0n) is 17.4. The number of piperidine rings is 1. The van der Waals surface area contributed by atoms with Crippen molar-refractivity contribution in [2.45, 2.75) is 18.4 Å². The van der Waals surface area contributed by atoms with E-state index in [1.165, 1.54) is 4.90 Å². The second-order valence-electron chi connectivity index (χ2n) is 8.21. The Hall–Kier alpha value is -2.00. The summed E-state index contributed by atoms with van der Waals surface area (Å²) in [6, 6.07) is 6.91. The molecule has 0 bridgehead atoms. The second-order valence-corrected chi connectivity index (χ2v) is 8.21. The van der Waals surface area contributed by atoms with E-state index in [1.807, 2.05) is 0 Å². The Kier molecular flexibility index (Phi) is 7.23. The molecule has 0 atom stereocenters. The van der Waals surface area contributed by atoms with Crippen molar-refractivity contribution in [2.75, 3.05) is 71.9 Å². The van der Waals surface area contributed by atoms with Crippen molar-refractivity contribution in [3.8, 4) is 0 Å². The molecule has 2 amide bonds. The molecule has 2 aliphatic heterocycles. The van der Waals surface area contributed by atoms with Crippen LogP contribution in [0.5, 0.6) is 0 Å². The largest absolute Gasteiger partial charge is 0.388 e. The summed E-state index contributed by atoms with van der Waals surface area (Å²) in [4.78, 5) is 30.1. The summed E-state index contributed by atoms with van der Waals surface area (Å²) in [6.45, 7) is 5.57.